The highest BCUT2D eigenvalue weighted by Crippen LogP contribution is 2.25. The summed E-state index contributed by atoms with van der Waals surface area (Å²) in [6.45, 7) is -0.112. The molecule has 0 aliphatic rings. The van der Waals surface area contributed by atoms with E-state index in [4.69, 9.17) is 0 Å². The molecule has 0 amide bonds. The molecule has 0 saturated heterocycles. The van der Waals surface area contributed by atoms with Gasteiger partial charge < -0.3 is 5.32 Å². The number of sulfone groups is 1. The molecule has 0 atom stereocenters. The Hall–Kier alpha value is -1.26. The monoisotopic (exact) mass is 328 g/mol. The minimum atomic E-state index is -4.74. The molecular formula is C10H14F2N2O4S2. The second-order valence-electron chi connectivity index (χ2n) is 3.75. The fourth-order valence-corrected chi connectivity index (χ4v) is 2.86. The van der Waals surface area contributed by atoms with Gasteiger partial charge >= 0.3 is 5.76 Å². The molecule has 0 radical (unpaired) electrons. The van der Waals surface area contributed by atoms with Crippen LogP contribution < -0.4 is 10.0 Å². The minimum Gasteiger partial charge on any atom is -0.383 e. The Morgan fingerprint density at radius 1 is 1.15 bits per heavy atom. The van der Waals surface area contributed by atoms with Crippen LogP contribution >= 0.6 is 0 Å². The molecule has 0 aromatic heterocycles. The van der Waals surface area contributed by atoms with Gasteiger partial charge in [0.25, 0.3) is 0 Å². The molecule has 2 N–H and O–H groups in total. The summed E-state index contributed by atoms with van der Waals surface area (Å²) in [6.07, 6.45) is 0. The van der Waals surface area contributed by atoms with Crippen LogP contribution in [0, 0.1) is 0 Å². The van der Waals surface area contributed by atoms with E-state index in [-0.39, 0.29) is 18.0 Å². The number of para-hydroxylation sites is 1. The van der Waals surface area contributed by atoms with Gasteiger partial charge in [-0.25, -0.2) is 21.6 Å². The van der Waals surface area contributed by atoms with E-state index in [9.17, 15) is 25.6 Å². The summed E-state index contributed by atoms with van der Waals surface area (Å²) < 4.78 is 72.4. The quantitative estimate of drug-likeness (QED) is 0.766. The second-order valence-corrected chi connectivity index (χ2v) is 7.68. The Morgan fingerprint density at radius 3 is 2.30 bits per heavy atom. The smallest absolute Gasteiger partial charge is 0.341 e. The Kier molecular flexibility index (Phi) is 5.42. The van der Waals surface area contributed by atoms with E-state index in [1.165, 1.54) is 25.2 Å². The van der Waals surface area contributed by atoms with Crippen molar-refractivity contribution >= 4 is 25.5 Å². The lowest BCUT2D eigenvalue weighted by Crippen LogP contribution is -2.26. The lowest BCUT2D eigenvalue weighted by Gasteiger charge is -2.12. The standard InChI is InChI=1S/C10H14F2N2O4S2/c1-13-19(15,16)7-6-14-8-4-2-3-5-9(8)20(17,18)10(11)12/h2-5,10,13-14H,6-7H2,1H3. The van der Waals surface area contributed by atoms with E-state index < -0.39 is 30.5 Å². The third-order valence-electron chi connectivity index (χ3n) is 2.43. The summed E-state index contributed by atoms with van der Waals surface area (Å²) in [7, 11) is -6.96. The topological polar surface area (TPSA) is 92.3 Å². The molecule has 0 unspecified atom stereocenters. The number of halogens is 2. The highest BCUT2D eigenvalue weighted by atomic mass is 32.2. The number of benzene rings is 1. The van der Waals surface area contributed by atoms with Gasteiger partial charge in [-0.3, -0.25) is 0 Å². The molecule has 0 fully saturated rings. The Bertz CT molecular complexity index is 660. The molecule has 1 aromatic rings. The van der Waals surface area contributed by atoms with E-state index in [2.05, 4.69) is 10.0 Å². The third-order valence-corrected chi connectivity index (χ3v) is 5.23. The molecular weight excluding hydrogens is 314 g/mol. The van der Waals surface area contributed by atoms with Crippen molar-refractivity contribution in [3.8, 4) is 0 Å². The van der Waals surface area contributed by atoms with E-state index >= 15 is 0 Å². The number of hydrogen-bond donors (Lipinski definition) is 2. The minimum absolute atomic E-state index is 0.0564. The van der Waals surface area contributed by atoms with Crippen LogP contribution in [0.4, 0.5) is 14.5 Å². The molecule has 0 bridgehead atoms. The second kappa shape index (κ2) is 6.46. The van der Waals surface area contributed by atoms with Gasteiger partial charge in [-0.05, 0) is 19.2 Å². The van der Waals surface area contributed by atoms with Gasteiger partial charge in [0, 0.05) is 6.54 Å². The predicted octanol–water partition coefficient (Wildman–Crippen LogP) is 0.644. The van der Waals surface area contributed by atoms with Crippen molar-refractivity contribution in [2.24, 2.45) is 0 Å². The largest absolute Gasteiger partial charge is 0.383 e. The SMILES string of the molecule is CNS(=O)(=O)CCNc1ccccc1S(=O)(=O)C(F)F. The summed E-state index contributed by atoms with van der Waals surface area (Å²) in [5.74, 6) is -3.85. The molecule has 0 heterocycles. The van der Waals surface area contributed by atoms with E-state index in [1.807, 2.05) is 0 Å². The maximum atomic E-state index is 12.5. The first-order valence-corrected chi connectivity index (χ1v) is 8.67. The predicted molar refractivity (Wildman–Crippen MR) is 71.0 cm³/mol. The van der Waals surface area contributed by atoms with Crippen molar-refractivity contribution in [1.29, 1.82) is 0 Å². The van der Waals surface area contributed by atoms with Crippen LogP contribution in [-0.4, -0.2) is 41.9 Å². The number of anilines is 1. The maximum Gasteiger partial charge on any atom is 0.341 e. The molecule has 0 aliphatic carbocycles. The van der Waals surface area contributed by atoms with E-state index in [0.29, 0.717) is 0 Å². The molecule has 10 heteroatoms. The highest BCUT2D eigenvalue weighted by Gasteiger charge is 2.28. The first-order valence-electron chi connectivity index (χ1n) is 5.47. The lowest BCUT2D eigenvalue weighted by atomic mass is 10.3. The molecule has 1 rings (SSSR count). The summed E-state index contributed by atoms with van der Waals surface area (Å²) in [5, 5.41) is 2.53. The average Bonchev–Trinajstić information content (AvgIpc) is 2.39. The zero-order chi connectivity index (χ0) is 15.4. The number of rotatable bonds is 7. The summed E-state index contributed by atoms with van der Waals surface area (Å²) in [4.78, 5) is -0.558. The summed E-state index contributed by atoms with van der Waals surface area (Å²) in [5.41, 5.74) is -0.0564. The maximum absolute atomic E-state index is 12.5. The van der Waals surface area contributed by atoms with Gasteiger partial charge in [-0.2, -0.15) is 8.78 Å². The average molecular weight is 328 g/mol. The lowest BCUT2D eigenvalue weighted by molar-refractivity contribution is 0.235. The molecule has 1 aromatic carbocycles. The third kappa shape index (κ3) is 4.12. The van der Waals surface area contributed by atoms with E-state index in [1.54, 1.807) is 0 Å². The van der Waals surface area contributed by atoms with Crippen LogP contribution in [0.2, 0.25) is 0 Å². The first-order chi connectivity index (χ1) is 9.20. The van der Waals surface area contributed by atoms with Crippen LogP contribution in [-0.2, 0) is 19.9 Å². The van der Waals surface area contributed by atoms with Gasteiger partial charge in [0.05, 0.1) is 16.3 Å². The molecule has 0 spiro atoms. The number of sulfonamides is 1. The van der Waals surface area contributed by atoms with Crippen LogP contribution in [0.3, 0.4) is 0 Å². The molecule has 114 valence electrons. The van der Waals surface area contributed by atoms with Crippen molar-refractivity contribution in [3.63, 3.8) is 0 Å². The van der Waals surface area contributed by atoms with Crippen LogP contribution in [0.1, 0.15) is 0 Å². The number of nitrogens with one attached hydrogen (secondary N) is 2. The summed E-state index contributed by atoms with van der Waals surface area (Å²) >= 11 is 0. The van der Waals surface area contributed by atoms with E-state index in [0.717, 1.165) is 6.07 Å². The van der Waals surface area contributed by atoms with Crippen LogP contribution in [0.15, 0.2) is 29.2 Å². The van der Waals surface area contributed by atoms with Crippen molar-refractivity contribution in [3.05, 3.63) is 24.3 Å². The van der Waals surface area contributed by atoms with Crippen LogP contribution in [0.5, 0.6) is 0 Å². The van der Waals surface area contributed by atoms with Crippen molar-refractivity contribution < 1.29 is 25.6 Å². The highest BCUT2D eigenvalue weighted by molar-refractivity contribution is 7.91. The molecule has 6 nitrogen and oxygen atoms in total. The van der Waals surface area contributed by atoms with Gasteiger partial charge in [-0.15, -0.1) is 0 Å². The van der Waals surface area contributed by atoms with Gasteiger partial charge in [-0.1, -0.05) is 12.1 Å². The van der Waals surface area contributed by atoms with Gasteiger partial charge in [0.15, 0.2) is 0 Å². The zero-order valence-corrected chi connectivity index (χ0v) is 12.1. The van der Waals surface area contributed by atoms with Gasteiger partial charge in [0.2, 0.25) is 19.9 Å². The molecule has 20 heavy (non-hydrogen) atoms. The number of alkyl halides is 2. The summed E-state index contributed by atoms with van der Waals surface area (Å²) in [6, 6.07) is 5.10. The Labute approximate surface area is 116 Å². The molecule has 0 aliphatic heterocycles. The first kappa shape index (κ1) is 16.8. The fraction of sp³-hybridized carbons (Fsp3) is 0.400. The van der Waals surface area contributed by atoms with Gasteiger partial charge in [0.1, 0.15) is 0 Å². The molecule has 0 saturated carbocycles. The Morgan fingerprint density at radius 2 is 1.75 bits per heavy atom. The number of hydrogen-bond acceptors (Lipinski definition) is 5. The fourth-order valence-electron chi connectivity index (χ4n) is 1.38. The normalized spacial score (nSPS) is 12.6. The van der Waals surface area contributed by atoms with Crippen molar-refractivity contribution in [2.45, 2.75) is 10.7 Å². The van der Waals surface area contributed by atoms with Crippen LogP contribution in [0.25, 0.3) is 0 Å². The van der Waals surface area contributed by atoms with Crippen molar-refractivity contribution in [2.75, 3.05) is 24.7 Å². The zero-order valence-electron chi connectivity index (χ0n) is 10.5. The Balaban J connectivity index is 2.93. The van der Waals surface area contributed by atoms with Crippen molar-refractivity contribution in [1.82, 2.24) is 4.72 Å².